The minimum Gasteiger partial charge on any atom is -0.369 e. The molecule has 0 spiro atoms. The third-order valence-electron chi connectivity index (χ3n) is 5.11. The molecule has 3 aromatic heterocycles. The fraction of sp³-hybridized carbons (Fsp3) is 0.500. The first-order valence-corrected chi connectivity index (χ1v) is 9.39. The average molecular weight is 365 g/mol. The molecule has 4 heterocycles. The molecule has 2 fully saturated rings. The van der Waals surface area contributed by atoms with E-state index < -0.39 is 0 Å². The summed E-state index contributed by atoms with van der Waals surface area (Å²) in [5.41, 5.74) is 0.833. The quantitative estimate of drug-likeness (QED) is 0.701. The zero-order valence-corrected chi connectivity index (χ0v) is 15.6. The largest absolute Gasteiger partial charge is 0.369 e. The van der Waals surface area contributed by atoms with Gasteiger partial charge in [-0.05, 0) is 31.0 Å². The highest BCUT2D eigenvalue weighted by atomic mass is 15.4. The number of fused-ring (bicyclic) bond motifs is 1. The van der Waals surface area contributed by atoms with Crippen molar-refractivity contribution in [1.82, 2.24) is 29.8 Å². The lowest BCUT2D eigenvalue weighted by Gasteiger charge is -2.40. The van der Waals surface area contributed by atoms with E-state index in [0.717, 1.165) is 42.7 Å². The summed E-state index contributed by atoms with van der Waals surface area (Å²) in [6, 6.07) is 5.96. The maximum atomic E-state index is 4.77. The van der Waals surface area contributed by atoms with E-state index in [1.54, 1.807) is 6.20 Å². The second kappa shape index (κ2) is 6.33. The molecule has 140 valence electrons. The van der Waals surface area contributed by atoms with Crippen LogP contribution in [0.1, 0.15) is 24.6 Å². The van der Waals surface area contributed by atoms with Crippen molar-refractivity contribution in [3.63, 3.8) is 0 Å². The molecule has 0 bridgehead atoms. The van der Waals surface area contributed by atoms with Crippen LogP contribution in [0.3, 0.4) is 0 Å². The maximum absolute atomic E-state index is 4.77. The van der Waals surface area contributed by atoms with Gasteiger partial charge in [0.15, 0.2) is 11.5 Å². The molecule has 1 aliphatic heterocycles. The first kappa shape index (κ1) is 16.2. The van der Waals surface area contributed by atoms with Crippen molar-refractivity contribution in [2.24, 2.45) is 5.92 Å². The van der Waals surface area contributed by atoms with Crippen molar-refractivity contribution < 1.29 is 0 Å². The summed E-state index contributed by atoms with van der Waals surface area (Å²) < 4.78 is 1.92. The van der Waals surface area contributed by atoms with Gasteiger partial charge in [-0.25, -0.2) is 4.98 Å². The Kier molecular flexibility index (Phi) is 3.80. The second-order valence-corrected chi connectivity index (χ2v) is 7.58. The van der Waals surface area contributed by atoms with Gasteiger partial charge in [0, 0.05) is 51.8 Å². The van der Waals surface area contributed by atoms with E-state index in [9.17, 15) is 0 Å². The van der Waals surface area contributed by atoms with E-state index >= 15 is 0 Å². The molecule has 1 saturated heterocycles. The third kappa shape index (κ3) is 3.13. The lowest BCUT2D eigenvalue weighted by atomic mass is 10.0. The number of nitrogens with zero attached hydrogens (tertiary/aromatic N) is 8. The van der Waals surface area contributed by atoms with Crippen LogP contribution in [0.25, 0.3) is 5.65 Å². The van der Waals surface area contributed by atoms with E-state index in [2.05, 4.69) is 30.4 Å². The van der Waals surface area contributed by atoms with Crippen molar-refractivity contribution in [2.45, 2.75) is 18.8 Å². The van der Waals surface area contributed by atoms with E-state index in [4.69, 9.17) is 5.10 Å². The van der Waals surface area contributed by atoms with Crippen LogP contribution in [-0.4, -0.2) is 63.5 Å². The van der Waals surface area contributed by atoms with Crippen LogP contribution < -0.4 is 15.1 Å². The van der Waals surface area contributed by atoms with E-state index in [-0.39, 0.29) is 0 Å². The zero-order valence-electron chi connectivity index (χ0n) is 15.6. The minimum atomic E-state index is 0.538. The molecule has 1 N–H and O–H groups in total. The normalized spacial score (nSPS) is 17.2. The van der Waals surface area contributed by atoms with Gasteiger partial charge in [-0.15, -0.1) is 15.3 Å². The first-order chi connectivity index (χ1) is 13.2. The summed E-state index contributed by atoms with van der Waals surface area (Å²) in [5.74, 6) is 4.70. The fourth-order valence-corrected chi connectivity index (χ4v) is 3.36. The van der Waals surface area contributed by atoms with E-state index in [1.807, 2.05) is 41.7 Å². The van der Waals surface area contributed by atoms with Gasteiger partial charge in [-0.2, -0.15) is 9.50 Å². The molecule has 0 amide bonds. The molecule has 0 aromatic carbocycles. The van der Waals surface area contributed by atoms with Crippen LogP contribution in [0, 0.1) is 5.92 Å². The molecular weight excluding hydrogens is 342 g/mol. The number of aromatic nitrogens is 6. The lowest BCUT2D eigenvalue weighted by molar-refractivity contribution is 0.424. The van der Waals surface area contributed by atoms with Crippen LogP contribution >= 0.6 is 0 Å². The Balaban J connectivity index is 1.20. The molecule has 1 saturated carbocycles. The Morgan fingerprint density at radius 2 is 2.00 bits per heavy atom. The number of hydrogen-bond donors (Lipinski definition) is 1. The van der Waals surface area contributed by atoms with Gasteiger partial charge in [0.2, 0.25) is 5.95 Å². The van der Waals surface area contributed by atoms with Crippen molar-refractivity contribution >= 4 is 23.2 Å². The van der Waals surface area contributed by atoms with Gasteiger partial charge in [0.25, 0.3) is 0 Å². The van der Waals surface area contributed by atoms with Crippen molar-refractivity contribution in [3.05, 3.63) is 30.2 Å². The van der Waals surface area contributed by atoms with Gasteiger partial charge in [-0.3, -0.25) is 0 Å². The topological polar surface area (TPSA) is 87.4 Å². The number of rotatable bonds is 6. The molecule has 0 unspecified atom stereocenters. The van der Waals surface area contributed by atoms with Gasteiger partial charge in [0.1, 0.15) is 11.6 Å². The summed E-state index contributed by atoms with van der Waals surface area (Å²) in [6.07, 6.45) is 4.18. The standard InChI is InChI=1S/C18H23N9/c1-25(2)18-19-8-7-14(21-18)20-9-12-10-26(11-12)16-6-5-15-22-23-17(13-3-4-13)27(15)24-16/h5-8,12-13H,3-4,9-11H2,1-2H3,(H,19,20,21). The molecule has 0 radical (unpaired) electrons. The Hall–Kier alpha value is -2.97. The second-order valence-electron chi connectivity index (χ2n) is 7.58. The van der Waals surface area contributed by atoms with Crippen LogP contribution in [0.4, 0.5) is 17.6 Å². The van der Waals surface area contributed by atoms with Crippen molar-refractivity contribution in [2.75, 3.05) is 48.8 Å². The van der Waals surface area contributed by atoms with Crippen molar-refractivity contribution in [3.8, 4) is 0 Å². The van der Waals surface area contributed by atoms with Gasteiger partial charge in [0.05, 0.1) is 0 Å². The average Bonchev–Trinajstić information content (AvgIpc) is 3.40. The zero-order chi connectivity index (χ0) is 18.4. The SMILES string of the molecule is CN(C)c1nccc(NCC2CN(c3ccc4nnc(C5CC5)n4n3)C2)n1. The van der Waals surface area contributed by atoms with Gasteiger partial charge in [-0.1, -0.05) is 0 Å². The highest BCUT2D eigenvalue weighted by molar-refractivity contribution is 5.48. The number of nitrogens with one attached hydrogen (secondary N) is 1. The number of hydrogen-bond acceptors (Lipinski definition) is 8. The molecule has 3 aromatic rings. The summed E-state index contributed by atoms with van der Waals surface area (Å²) in [7, 11) is 3.88. The summed E-state index contributed by atoms with van der Waals surface area (Å²) in [5, 5.41) is 16.7. The van der Waals surface area contributed by atoms with Crippen LogP contribution in [0.15, 0.2) is 24.4 Å². The minimum absolute atomic E-state index is 0.538. The Morgan fingerprint density at radius 3 is 2.78 bits per heavy atom. The molecule has 27 heavy (non-hydrogen) atoms. The summed E-state index contributed by atoms with van der Waals surface area (Å²) >= 11 is 0. The predicted molar refractivity (Wildman–Crippen MR) is 103 cm³/mol. The van der Waals surface area contributed by atoms with Crippen LogP contribution in [0.5, 0.6) is 0 Å². The molecule has 9 nitrogen and oxygen atoms in total. The van der Waals surface area contributed by atoms with Crippen LogP contribution in [-0.2, 0) is 0 Å². The van der Waals surface area contributed by atoms with Gasteiger partial charge >= 0.3 is 0 Å². The molecule has 5 rings (SSSR count). The molecule has 9 heteroatoms. The van der Waals surface area contributed by atoms with Gasteiger partial charge < -0.3 is 15.1 Å². The Bertz CT molecular complexity index is 956. The summed E-state index contributed by atoms with van der Waals surface area (Å²) in [4.78, 5) is 12.9. The molecule has 2 aliphatic rings. The summed E-state index contributed by atoms with van der Waals surface area (Å²) in [6.45, 7) is 2.86. The first-order valence-electron chi connectivity index (χ1n) is 9.39. The molecule has 1 aliphatic carbocycles. The molecule has 0 atom stereocenters. The van der Waals surface area contributed by atoms with E-state index in [0.29, 0.717) is 17.8 Å². The maximum Gasteiger partial charge on any atom is 0.226 e. The van der Waals surface area contributed by atoms with Crippen molar-refractivity contribution in [1.29, 1.82) is 0 Å². The Labute approximate surface area is 157 Å². The number of anilines is 3. The van der Waals surface area contributed by atoms with Crippen LogP contribution in [0.2, 0.25) is 0 Å². The highest BCUT2D eigenvalue weighted by Crippen LogP contribution is 2.38. The highest BCUT2D eigenvalue weighted by Gasteiger charge is 2.31. The predicted octanol–water partition coefficient (Wildman–Crippen LogP) is 1.41. The third-order valence-corrected chi connectivity index (χ3v) is 5.11. The monoisotopic (exact) mass is 365 g/mol. The lowest BCUT2D eigenvalue weighted by Crippen LogP contribution is -2.50. The Morgan fingerprint density at radius 1 is 1.15 bits per heavy atom. The van der Waals surface area contributed by atoms with E-state index in [1.165, 1.54) is 12.8 Å². The smallest absolute Gasteiger partial charge is 0.226 e. The molecular formula is C18H23N9. The fourth-order valence-electron chi connectivity index (χ4n) is 3.36.